The van der Waals surface area contributed by atoms with E-state index in [9.17, 15) is 0 Å². The fraction of sp³-hybridized carbons (Fsp3) is 0.692. The van der Waals surface area contributed by atoms with Crippen LogP contribution in [0.25, 0.3) is 0 Å². The largest absolute Gasteiger partial charge is 0.373 e. The zero-order valence-corrected chi connectivity index (χ0v) is 12.1. The van der Waals surface area contributed by atoms with Gasteiger partial charge in [-0.05, 0) is 11.3 Å². The molecule has 5 nitrogen and oxygen atoms in total. The Morgan fingerprint density at radius 2 is 1.89 bits per heavy atom. The normalized spacial score (nSPS) is 13.8. The van der Waals surface area contributed by atoms with Crippen LogP contribution in [0.4, 0.5) is 5.82 Å². The first-order valence-corrected chi connectivity index (χ1v) is 6.18. The highest BCUT2D eigenvalue weighted by atomic mass is 16.5. The standard InChI is InChI=1S/C13H24N4O/c1-8(2)9-7-10(17-14)16-12(15-9)11(18-6)13(3,4)5/h7-8,11H,14H2,1-6H3,(H,15,16,17). The molecular weight excluding hydrogens is 228 g/mol. The van der Waals surface area contributed by atoms with Crippen LogP contribution in [-0.2, 0) is 4.74 Å². The first kappa shape index (κ1) is 14.9. The van der Waals surface area contributed by atoms with E-state index in [1.54, 1.807) is 7.11 Å². The van der Waals surface area contributed by atoms with E-state index in [1.165, 1.54) is 0 Å². The van der Waals surface area contributed by atoms with E-state index in [0.717, 1.165) is 5.69 Å². The predicted octanol–water partition coefficient (Wildman–Crippen LogP) is 2.62. The molecule has 1 aromatic rings. The Kier molecular flexibility index (Phi) is 4.65. The molecule has 0 aromatic carbocycles. The molecule has 0 saturated carbocycles. The maximum atomic E-state index is 5.54. The van der Waals surface area contributed by atoms with Crippen LogP contribution in [0.2, 0.25) is 0 Å². The molecule has 5 heteroatoms. The van der Waals surface area contributed by atoms with Gasteiger partial charge in [0.05, 0.1) is 0 Å². The summed E-state index contributed by atoms with van der Waals surface area (Å²) in [5.74, 6) is 7.06. The first-order chi connectivity index (χ1) is 8.29. The third-order valence-electron chi connectivity index (χ3n) is 2.76. The van der Waals surface area contributed by atoms with E-state index in [0.29, 0.717) is 17.6 Å². The van der Waals surface area contributed by atoms with Crippen LogP contribution in [0.1, 0.15) is 58.2 Å². The number of nitrogens with one attached hydrogen (secondary N) is 1. The van der Waals surface area contributed by atoms with E-state index in [-0.39, 0.29) is 11.5 Å². The molecule has 18 heavy (non-hydrogen) atoms. The summed E-state index contributed by atoms with van der Waals surface area (Å²) >= 11 is 0. The lowest BCUT2D eigenvalue weighted by molar-refractivity contribution is 0.00858. The van der Waals surface area contributed by atoms with Gasteiger partial charge in [0.15, 0.2) is 5.82 Å². The van der Waals surface area contributed by atoms with Crippen molar-refractivity contribution in [3.8, 4) is 0 Å². The molecule has 0 amide bonds. The second-order valence-electron chi connectivity index (χ2n) is 5.82. The van der Waals surface area contributed by atoms with Crippen LogP contribution >= 0.6 is 0 Å². The van der Waals surface area contributed by atoms with Gasteiger partial charge in [0.25, 0.3) is 0 Å². The van der Waals surface area contributed by atoms with E-state index in [2.05, 4.69) is 50.0 Å². The van der Waals surface area contributed by atoms with Crippen molar-refractivity contribution in [2.24, 2.45) is 11.3 Å². The summed E-state index contributed by atoms with van der Waals surface area (Å²) in [5.41, 5.74) is 3.47. The van der Waals surface area contributed by atoms with E-state index in [4.69, 9.17) is 10.6 Å². The Labute approximate surface area is 109 Å². The first-order valence-electron chi connectivity index (χ1n) is 6.18. The number of nitrogens with two attached hydrogens (primary N) is 1. The van der Waals surface area contributed by atoms with Crippen LogP contribution in [0, 0.1) is 5.41 Å². The molecule has 0 aliphatic carbocycles. The van der Waals surface area contributed by atoms with Gasteiger partial charge < -0.3 is 10.2 Å². The molecule has 0 aliphatic rings. The summed E-state index contributed by atoms with van der Waals surface area (Å²) in [4.78, 5) is 8.99. The maximum Gasteiger partial charge on any atom is 0.160 e. The van der Waals surface area contributed by atoms with Crippen molar-refractivity contribution in [2.75, 3.05) is 12.5 Å². The molecule has 0 spiro atoms. The fourth-order valence-corrected chi connectivity index (χ4v) is 1.82. The average Bonchev–Trinajstić information content (AvgIpc) is 2.27. The number of nitrogens with zero attached hydrogens (tertiary/aromatic N) is 2. The summed E-state index contributed by atoms with van der Waals surface area (Å²) in [6.07, 6.45) is -0.164. The van der Waals surface area contributed by atoms with Gasteiger partial charge in [-0.2, -0.15) is 0 Å². The van der Waals surface area contributed by atoms with E-state index >= 15 is 0 Å². The van der Waals surface area contributed by atoms with Gasteiger partial charge in [0.2, 0.25) is 0 Å². The van der Waals surface area contributed by atoms with Gasteiger partial charge in [-0.1, -0.05) is 34.6 Å². The third-order valence-corrected chi connectivity index (χ3v) is 2.76. The molecule has 1 unspecified atom stereocenters. The molecule has 0 aliphatic heterocycles. The highest BCUT2D eigenvalue weighted by Crippen LogP contribution is 2.34. The lowest BCUT2D eigenvalue weighted by Crippen LogP contribution is -2.24. The van der Waals surface area contributed by atoms with Crippen LogP contribution in [-0.4, -0.2) is 17.1 Å². The molecule has 0 bridgehead atoms. The van der Waals surface area contributed by atoms with Gasteiger partial charge in [-0.15, -0.1) is 0 Å². The maximum absolute atomic E-state index is 5.54. The lowest BCUT2D eigenvalue weighted by Gasteiger charge is -2.28. The van der Waals surface area contributed by atoms with Gasteiger partial charge in [-0.25, -0.2) is 15.8 Å². The minimum atomic E-state index is -0.164. The molecule has 102 valence electrons. The Hall–Kier alpha value is -1.20. The Balaban J connectivity index is 3.26. The van der Waals surface area contributed by atoms with Crippen molar-refractivity contribution in [1.82, 2.24) is 9.97 Å². The average molecular weight is 252 g/mol. The summed E-state index contributed by atoms with van der Waals surface area (Å²) in [7, 11) is 1.68. The van der Waals surface area contributed by atoms with Gasteiger partial charge >= 0.3 is 0 Å². The number of hydrogen-bond acceptors (Lipinski definition) is 5. The van der Waals surface area contributed by atoms with Gasteiger partial charge in [0.1, 0.15) is 11.9 Å². The van der Waals surface area contributed by atoms with Crippen molar-refractivity contribution in [1.29, 1.82) is 0 Å². The fourth-order valence-electron chi connectivity index (χ4n) is 1.82. The van der Waals surface area contributed by atoms with Crippen molar-refractivity contribution >= 4 is 5.82 Å². The van der Waals surface area contributed by atoms with E-state index < -0.39 is 0 Å². The Morgan fingerprint density at radius 1 is 1.28 bits per heavy atom. The SMILES string of the molecule is COC(c1nc(NN)cc(C(C)C)n1)C(C)(C)C. The van der Waals surface area contributed by atoms with Crippen LogP contribution < -0.4 is 11.3 Å². The highest BCUT2D eigenvalue weighted by Gasteiger charge is 2.29. The number of hydrazine groups is 1. The molecule has 0 saturated heterocycles. The highest BCUT2D eigenvalue weighted by molar-refractivity contribution is 5.35. The molecule has 1 aromatic heterocycles. The van der Waals surface area contributed by atoms with Crippen molar-refractivity contribution in [3.63, 3.8) is 0 Å². The number of ether oxygens (including phenoxy) is 1. The third kappa shape index (κ3) is 3.40. The molecule has 0 fully saturated rings. The van der Waals surface area contributed by atoms with Crippen LogP contribution in [0.5, 0.6) is 0 Å². The molecule has 0 radical (unpaired) electrons. The number of nitrogen functional groups attached to an aromatic ring is 1. The number of aromatic nitrogens is 2. The number of hydrogen-bond donors (Lipinski definition) is 2. The zero-order chi connectivity index (χ0) is 13.9. The van der Waals surface area contributed by atoms with Crippen LogP contribution in [0.3, 0.4) is 0 Å². The minimum absolute atomic E-state index is 0.0732. The van der Waals surface area contributed by atoms with Crippen LogP contribution in [0.15, 0.2) is 6.07 Å². The second-order valence-corrected chi connectivity index (χ2v) is 5.82. The number of methoxy groups -OCH3 is 1. The van der Waals surface area contributed by atoms with Gasteiger partial charge in [-0.3, -0.25) is 0 Å². The quantitative estimate of drug-likeness (QED) is 0.636. The molecule has 1 heterocycles. The minimum Gasteiger partial charge on any atom is -0.373 e. The monoisotopic (exact) mass is 252 g/mol. The predicted molar refractivity (Wildman–Crippen MR) is 73.1 cm³/mol. The zero-order valence-electron chi connectivity index (χ0n) is 12.1. The second kappa shape index (κ2) is 5.63. The molecule has 1 rings (SSSR count). The molecular formula is C13H24N4O. The summed E-state index contributed by atoms with van der Waals surface area (Å²) in [5, 5.41) is 0. The Bertz CT molecular complexity index is 398. The van der Waals surface area contributed by atoms with Crippen molar-refractivity contribution in [2.45, 2.75) is 46.6 Å². The number of rotatable bonds is 4. The number of anilines is 1. The smallest absolute Gasteiger partial charge is 0.160 e. The van der Waals surface area contributed by atoms with Crippen molar-refractivity contribution in [3.05, 3.63) is 17.6 Å². The topological polar surface area (TPSA) is 73.1 Å². The lowest BCUT2D eigenvalue weighted by atomic mass is 9.88. The summed E-state index contributed by atoms with van der Waals surface area (Å²) in [6, 6.07) is 1.86. The van der Waals surface area contributed by atoms with E-state index in [1.807, 2.05) is 6.07 Å². The van der Waals surface area contributed by atoms with Gasteiger partial charge in [0, 0.05) is 18.9 Å². The van der Waals surface area contributed by atoms with Crippen molar-refractivity contribution < 1.29 is 4.74 Å². The molecule has 1 atom stereocenters. The Morgan fingerprint density at radius 3 is 2.28 bits per heavy atom. The summed E-state index contributed by atoms with van der Waals surface area (Å²) in [6.45, 7) is 10.5. The summed E-state index contributed by atoms with van der Waals surface area (Å²) < 4.78 is 5.54. The molecule has 3 N–H and O–H groups in total.